The highest BCUT2D eigenvalue weighted by atomic mass is 16.7. The quantitative estimate of drug-likeness (QED) is 0.556. The first-order valence-electron chi connectivity index (χ1n) is 12.5. The number of aromatic hydroxyl groups is 1. The lowest BCUT2D eigenvalue weighted by atomic mass is 10.0. The van der Waals surface area contributed by atoms with Gasteiger partial charge >= 0.3 is 6.09 Å². The molecule has 0 aromatic heterocycles. The molecule has 198 valence electrons. The number of ether oxygens (including phenoxy) is 1. The van der Waals surface area contributed by atoms with E-state index in [0.29, 0.717) is 19.3 Å². The number of nitrogens with zero attached hydrogens (tertiary/aromatic N) is 3. The van der Waals surface area contributed by atoms with Crippen molar-refractivity contribution in [2.24, 2.45) is 5.92 Å². The van der Waals surface area contributed by atoms with Crippen LogP contribution in [0.25, 0.3) is 0 Å². The van der Waals surface area contributed by atoms with Crippen molar-refractivity contribution >= 4 is 17.9 Å². The predicted octanol–water partition coefficient (Wildman–Crippen LogP) is 1.95. The zero-order valence-electron chi connectivity index (χ0n) is 20.9. The van der Waals surface area contributed by atoms with Crippen LogP contribution in [0.2, 0.25) is 0 Å². The van der Waals surface area contributed by atoms with E-state index in [0.717, 1.165) is 16.2 Å². The molecule has 2 N–H and O–H groups in total. The Hall–Kier alpha value is -3.63. The van der Waals surface area contributed by atoms with Crippen LogP contribution in [-0.4, -0.2) is 88.6 Å². The molecule has 3 amide bonds. The van der Waals surface area contributed by atoms with E-state index < -0.39 is 24.3 Å². The Kier molecular flexibility index (Phi) is 8.62. The standard InChI is InChI=1S/C27H33N3O7/c1-28-18-24-29(17-21(25(28)33)8-5-14-31)26(34)23(16-20-6-3-2-4-7-20)37-30(24)27(35)36-15-13-19-9-11-22(32)12-10-19/h2-4,6-7,9-12,21,23-24,31-32H,5,8,13-18H2,1H3/t21-,23-,24?/m1/s1. The second-order valence-corrected chi connectivity index (χ2v) is 9.39. The maximum absolute atomic E-state index is 13.6. The Morgan fingerprint density at radius 1 is 1.03 bits per heavy atom. The van der Waals surface area contributed by atoms with Crippen molar-refractivity contribution < 1.29 is 34.2 Å². The summed E-state index contributed by atoms with van der Waals surface area (Å²) in [6, 6.07) is 16.0. The van der Waals surface area contributed by atoms with Crippen LogP contribution >= 0.6 is 0 Å². The minimum Gasteiger partial charge on any atom is -0.508 e. The van der Waals surface area contributed by atoms with Gasteiger partial charge in [-0.2, -0.15) is 5.06 Å². The molecule has 0 saturated carbocycles. The van der Waals surface area contributed by atoms with Gasteiger partial charge in [0.1, 0.15) is 5.75 Å². The number of carbonyl (C=O) groups is 3. The van der Waals surface area contributed by atoms with E-state index in [4.69, 9.17) is 9.57 Å². The molecule has 0 aliphatic carbocycles. The first kappa shape index (κ1) is 26.4. The summed E-state index contributed by atoms with van der Waals surface area (Å²) in [6.07, 6.45) is -0.988. The molecule has 2 aromatic rings. The fraction of sp³-hybridized carbons (Fsp3) is 0.444. The number of fused-ring (bicyclic) bond motifs is 1. The van der Waals surface area contributed by atoms with E-state index in [1.54, 1.807) is 36.2 Å². The van der Waals surface area contributed by atoms with E-state index in [1.165, 1.54) is 4.90 Å². The van der Waals surface area contributed by atoms with Crippen LogP contribution in [0.3, 0.4) is 0 Å². The smallest absolute Gasteiger partial charge is 0.436 e. The minimum absolute atomic E-state index is 0.0515. The Labute approximate surface area is 215 Å². The molecular weight excluding hydrogens is 478 g/mol. The molecule has 4 rings (SSSR count). The van der Waals surface area contributed by atoms with Crippen LogP contribution in [0.1, 0.15) is 24.0 Å². The number of hydroxylamine groups is 2. The van der Waals surface area contributed by atoms with Crippen molar-refractivity contribution in [3.63, 3.8) is 0 Å². The van der Waals surface area contributed by atoms with Crippen molar-refractivity contribution in [3.8, 4) is 5.75 Å². The number of aliphatic hydroxyl groups excluding tert-OH is 1. The highest BCUT2D eigenvalue weighted by molar-refractivity contribution is 5.86. The van der Waals surface area contributed by atoms with Gasteiger partial charge in [0.05, 0.1) is 19.1 Å². The summed E-state index contributed by atoms with van der Waals surface area (Å²) in [5.74, 6) is -0.773. The molecular formula is C27H33N3O7. The average molecular weight is 512 g/mol. The molecule has 2 fully saturated rings. The lowest BCUT2D eigenvalue weighted by molar-refractivity contribution is -0.254. The van der Waals surface area contributed by atoms with Crippen molar-refractivity contribution in [3.05, 3.63) is 65.7 Å². The molecule has 10 heteroatoms. The molecule has 0 radical (unpaired) electrons. The van der Waals surface area contributed by atoms with Crippen molar-refractivity contribution in [2.45, 2.75) is 38.0 Å². The molecule has 2 aromatic carbocycles. The van der Waals surface area contributed by atoms with Crippen LogP contribution in [0, 0.1) is 5.92 Å². The first-order valence-corrected chi connectivity index (χ1v) is 12.5. The summed E-state index contributed by atoms with van der Waals surface area (Å²) in [5.41, 5.74) is 1.76. The fourth-order valence-electron chi connectivity index (χ4n) is 4.71. The van der Waals surface area contributed by atoms with Crippen LogP contribution in [0.15, 0.2) is 54.6 Å². The molecule has 0 spiro atoms. The number of carbonyl (C=O) groups excluding carboxylic acids is 3. The molecule has 1 unspecified atom stereocenters. The van der Waals surface area contributed by atoms with Crippen molar-refractivity contribution in [1.82, 2.24) is 14.9 Å². The number of benzene rings is 2. The van der Waals surface area contributed by atoms with Gasteiger partial charge in [-0.05, 0) is 36.1 Å². The van der Waals surface area contributed by atoms with E-state index in [1.807, 2.05) is 30.3 Å². The van der Waals surface area contributed by atoms with Gasteiger partial charge in [0.2, 0.25) is 5.91 Å². The van der Waals surface area contributed by atoms with Gasteiger partial charge in [-0.1, -0.05) is 42.5 Å². The summed E-state index contributed by atoms with van der Waals surface area (Å²) in [6.45, 7) is 0.218. The number of aliphatic hydroxyl groups is 1. The molecule has 2 aliphatic rings. The summed E-state index contributed by atoms with van der Waals surface area (Å²) >= 11 is 0. The molecule has 3 atom stereocenters. The Bertz CT molecular complexity index is 1080. The van der Waals surface area contributed by atoms with Gasteiger partial charge in [0.25, 0.3) is 5.91 Å². The Morgan fingerprint density at radius 3 is 2.46 bits per heavy atom. The zero-order chi connectivity index (χ0) is 26.4. The SMILES string of the molecule is CN1CC2N(C[C@@H](CCCO)C1=O)C(=O)[C@@H](Cc1ccccc1)ON2C(=O)OCCc1ccc(O)cc1. The second-order valence-electron chi connectivity index (χ2n) is 9.39. The summed E-state index contributed by atoms with van der Waals surface area (Å²) in [5, 5.41) is 19.8. The molecule has 37 heavy (non-hydrogen) atoms. The first-order chi connectivity index (χ1) is 17.9. The van der Waals surface area contributed by atoms with Crippen LogP contribution < -0.4 is 0 Å². The second kappa shape index (κ2) is 12.1. The third-order valence-electron chi connectivity index (χ3n) is 6.72. The van der Waals surface area contributed by atoms with Crippen LogP contribution in [0.4, 0.5) is 4.79 Å². The lowest BCUT2D eigenvalue weighted by Crippen LogP contribution is -2.65. The monoisotopic (exact) mass is 511 g/mol. The fourth-order valence-corrected chi connectivity index (χ4v) is 4.71. The highest BCUT2D eigenvalue weighted by Crippen LogP contribution is 2.28. The van der Waals surface area contributed by atoms with Crippen LogP contribution in [-0.2, 0) is 32.0 Å². The van der Waals surface area contributed by atoms with Gasteiger partial charge in [-0.3, -0.25) is 14.4 Å². The maximum atomic E-state index is 13.6. The summed E-state index contributed by atoms with van der Waals surface area (Å²) in [7, 11) is 1.63. The third kappa shape index (κ3) is 6.39. The third-order valence-corrected chi connectivity index (χ3v) is 6.72. The molecule has 0 bridgehead atoms. The van der Waals surface area contributed by atoms with Crippen LogP contribution in [0.5, 0.6) is 5.75 Å². The lowest BCUT2D eigenvalue weighted by Gasteiger charge is -2.44. The van der Waals surface area contributed by atoms with Gasteiger partial charge in [-0.15, -0.1) is 0 Å². The number of hydrogen-bond donors (Lipinski definition) is 2. The maximum Gasteiger partial charge on any atom is 0.436 e. The minimum atomic E-state index is -0.958. The molecule has 2 heterocycles. The molecule has 2 saturated heterocycles. The Morgan fingerprint density at radius 2 is 1.76 bits per heavy atom. The van der Waals surface area contributed by atoms with Gasteiger partial charge < -0.3 is 24.7 Å². The number of rotatable bonds is 8. The number of phenolic OH excluding ortho intramolecular Hbond substituents is 1. The molecule has 10 nitrogen and oxygen atoms in total. The molecule has 2 aliphatic heterocycles. The van der Waals surface area contributed by atoms with E-state index in [2.05, 4.69) is 0 Å². The number of hydrogen-bond acceptors (Lipinski definition) is 7. The normalized spacial score (nSPS) is 22.0. The number of phenols is 1. The van der Waals surface area contributed by atoms with Crippen molar-refractivity contribution in [2.75, 3.05) is 33.4 Å². The van der Waals surface area contributed by atoms with E-state index >= 15 is 0 Å². The largest absolute Gasteiger partial charge is 0.508 e. The summed E-state index contributed by atoms with van der Waals surface area (Å²) in [4.78, 5) is 48.8. The highest BCUT2D eigenvalue weighted by Gasteiger charge is 2.48. The average Bonchev–Trinajstić information content (AvgIpc) is 3.02. The summed E-state index contributed by atoms with van der Waals surface area (Å²) < 4.78 is 5.52. The van der Waals surface area contributed by atoms with Gasteiger partial charge in [0.15, 0.2) is 12.3 Å². The topological polar surface area (TPSA) is 120 Å². The van der Waals surface area contributed by atoms with Gasteiger partial charge in [-0.25, -0.2) is 4.79 Å². The Balaban J connectivity index is 1.54. The number of amides is 3. The van der Waals surface area contributed by atoms with E-state index in [-0.39, 0.29) is 50.3 Å². The van der Waals surface area contributed by atoms with E-state index in [9.17, 15) is 24.6 Å². The zero-order valence-corrected chi connectivity index (χ0v) is 20.9. The van der Waals surface area contributed by atoms with Crippen molar-refractivity contribution in [1.29, 1.82) is 0 Å². The van der Waals surface area contributed by atoms with Gasteiger partial charge in [0, 0.05) is 33.0 Å². The predicted molar refractivity (Wildman–Crippen MR) is 133 cm³/mol. The number of likely N-dealkylation sites (N-methyl/N-ethyl adjacent to an activating group) is 1.